The molecular weight excluding hydrogens is 368 g/mol. The lowest BCUT2D eigenvalue weighted by Gasteiger charge is -2.10. The lowest BCUT2D eigenvalue weighted by molar-refractivity contribution is -0.135. The van der Waals surface area contributed by atoms with Crippen LogP contribution in [-0.2, 0) is 16.2 Å². The van der Waals surface area contributed by atoms with Crippen molar-refractivity contribution in [2.75, 3.05) is 6.54 Å². The van der Waals surface area contributed by atoms with E-state index < -0.39 is 18.4 Å². The summed E-state index contributed by atoms with van der Waals surface area (Å²) in [5.41, 5.74) is 5.61. The Bertz CT molecular complexity index is 844. The van der Waals surface area contributed by atoms with Crippen LogP contribution in [0, 0.1) is 0 Å². The SMILES string of the molecule is CC(N)=O.O=Cc1c(O)cccc1OCc1ccc(C(=O)NCC(=O)O)cc1. The Kier molecular flexibility index (Phi) is 8.68. The number of hydrogen-bond acceptors (Lipinski definition) is 6. The molecule has 2 amide bonds. The van der Waals surface area contributed by atoms with E-state index in [0.29, 0.717) is 11.8 Å². The molecule has 9 nitrogen and oxygen atoms in total. The number of ether oxygens (including phenoxy) is 1. The number of aldehydes is 1. The quantitative estimate of drug-likeness (QED) is 0.517. The second-order valence-electron chi connectivity index (χ2n) is 5.48. The van der Waals surface area contributed by atoms with E-state index in [-0.39, 0.29) is 29.6 Å². The van der Waals surface area contributed by atoms with Crippen LogP contribution < -0.4 is 15.8 Å². The number of phenols is 1. The standard InChI is InChI=1S/C17H15NO6.C2H5NO/c19-9-13-14(20)2-1-3-15(13)24-10-11-4-6-12(7-5-11)17(23)18-8-16(21)22;1-2(3)4/h1-7,9,20H,8,10H2,(H,18,23)(H,21,22);1H3,(H2,3,4). The topological polar surface area (TPSA) is 156 Å². The molecule has 5 N–H and O–H groups in total. The molecule has 0 aliphatic carbocycles. The lowest BCUT2D eigenvalue weighted by atomic mass is 10.1. The Morgan fingerprint density at radius 2 is 1.75 bits per heavy atom. The molecule has 0 aromatic heterocycles. The average Bonchev–Trinajstić information content (AvgIpc) is 2.64. The van der Waals surface area contributed by atoms with Gasteiger partial charge in [-0.1, -0.05) is 18.2 Å². The Hall–Kier alpha value is -3.88. The number of carbonyl (C=O) groups excluding carboxylic acids is 3. The van der Waals surface area contributed by atoms with Crippen molar-refractivity contribution in [3.63, 3.8) is 0 Å². The van der Waals surface area contributed by atoms with Crippen molar-refractivity contribution in [3.8, 4) is 11.5 Å². The first kappa shape index (κ1) is 22.2. The molecular formula is C19H20N2O7. The second-order valence-corrected chi connectivity index (χ2v) is 5.48. The van der Waals surface area contributed by atoms with Crippen molar-refractivity contribution in [3.05, 3.63) is 59.2 Å². The molecule has 2 aromatic rings. The third-order valence-corrected chi connectivity index (χ3v) is 3.17. The average molecular weight is 388 g/mol. The molecule has 2 rings (SSSR count). The number of phenolic OH excluding ortho intramolecular Hbond substituents is 1. The first-order valence-electron chi connectivity index (χ1n) is 7.99. The van der Waals surface area contributed by atoms with Crippen molar-refractivity contribution in [1.29, 1.82) is 0 Å². The van der Waals surface area contributed by atoms with Crippen LogP contribution in [0.2, 0.25) is 0 Å². The summed E-state index contributed by atoms with van der Waals surface area (Å²) in [6.45, 7) is 0.997. The van der Waals surface area contributed by atoms with Gasteiger partial charge >= 0.3 is 5.97 Å². The molecule has 9 heteroatoms. The Balaban J connectivity index is 0.000000892. The van der Waals surface area contributed by atoms with Crippen LogP contribution in [0.25, 0.3) is 0 Å². The molecule has 0 spiro atoms. The molecule has 0 aliphatic rings. The van der Waals surface area contributed by atoms with Gasteiger partial charge in [0.2, 0.25) is 5.91 Å². The number of carbonyl (C=O) groups is 4. The van der Waals surface area contributed by atoms with Crippen molar-refractivity contribution in [2.24, 2.45) is 5.73 Å². The van der Waals surface area contributed by atoms with Crippen LogP contribution in [-0.4, -0.2) is 40.8 Å². The zero-order valence-corrected chi connectivity index (χ0v) is 15.0. The number of rotatable bonds is 7. The number of aromatic hydroxyl groups is 1. The van der Waals surface area contributed by atoms with Gasteiger partial charge in [0.05, 0.1) is 5.56 Å². The van der Waals surface area contributed by atoms with Crippen LogP contribution in [0.4, 0.5) is 0 Å². The molecule has 0 aliphatic heterocycles. The first-order valence-corrected chi connectivity index (χ1v) is 7.99. The number of primary amides is 1. The van der Waals surface area contributed by atoms with E-state index in [1.807, 2.05) is 0 Å². The minimum absolute atomic E-state index is 0.0715. The zero-order chi connectivity index (χ0) is 21.1. The Morgan fingerprint density at radius 1 is 1.14 bits per heavy atom. The number of carboxylic acid groups (broad SMARTS) is 1. The summed E-state index contributed by atoms with van der Waals surface area (Å²) in [6.07, 6.45) is 0.514. The largest absolute Gasteiger partial charge is 0.507 e. The van der Waals surface area contributed by atoms with Crippen molar-refractivity contribution in [1.82, 2.24) is 5.32 Å². The number of benzene rings is 2. The minimum Gasteiger partial charge on any atom is -0.507 e. The number of nitrogens with two attached hydrogens (primary N) is 1. The van der Waals surface area contributed by atoms with Gasteiger partial charge in [-0.3, -0.25) is 19.2 Å². The van der Waals surface area contributed by atoms with Crippen molar-refractivity contribution in [2.45, 2.75) is 13.5 Å². The maximum absolute atomic E-state index is 11.7. The number of hydrogen-bond donors (Lipinski definition) is 4. The first-order chi connectivity index (χ1) is 13.2. The highest BCUT2D eigenvalue weighted by molar-refractivity contribution is 5.95. The minimum atomic E-state index is -1.12. The summed E-state index contributed by atoms with van der Waals surface area (Å²) in [5, 5.41) is 20.4. The van der Waals surface area contributed by atoms with E-state index in [1.165, 1.54) is 13.0 Å². The van der Waals surface area contributed by atoms with Crippen LogP contribution in [0.5, 0.6) is 11.5 Å². The third-order valence-electron chi connectivity index (χ3n) is 3.17. The van der Waals surface area contributed by atoms with Gasteiger partial charge in [-0.25, -0.2) is 0 Å². The van der Waals surface area contributed by atoms with Crippen LogP contribution in [0.1, 0.15) is 33.2 Å². The molecule has 0 heterocycles. The number of nitrogens with one attached hydrogen (secondary N) is 1. The van der Waals surface area contributed by atoms with Crippen molar-refractivity contribution < 1.29 is 34.1 Å². The molecule has 0 saturated carbocycles. The number of amides is 2. The monoisotopic (exact) mass is 388 g/mol. The predicted molar refractivity (Wildman–Crippen MR) is 99.1 cm³/mol. The van der Waals surface area contributed by atoms with Gasteiger partial charge < -0.3 is 26.0 Å². The predicted octanol–water partition coefficient (Wildman–Crippen LogP) is 1.09. The van der Waals surface area contributed by atoms with Gasteiger partial charge in [0.1, 0.15) is 24.7 Å². The van der Waals surface area contributed by atoms with Gasteiger partial charge in [0.15, 0.2) is 6.29 Å². The summed E-state index contributed by atoms with van der Waals surface area (Å²) < 4.78 is 5.50. The summed E-state index contributed by atoms with van der Waals surface area (Å²) in [5.74, 6) is -1.84. The highest BCUT2D eigenvalue weighted by Crippen LogP contribution is 2.26. The molecule has 0 atom stereocenters. The van der Waals surface area contributed by atoms with E-state index in [9.17, 15) is 24.3 Å². The summed E-state index contributed by atoms with van der Waals surface area (Å²) >= 11 is 0. The molecule has 2 aromatic carbocycles. The Morgan fingerprint density at radius 3 is 2.29 bits per heavy atom. The molecule has 0 unspecified atom stereocenters. The molecule has 148 valence electrons. The molecule has 28 heavy (non-hydrogen) atoms. The maximum atomic E-state index is 11.7. The molecule has 0 bridgehead atoms. The van der Waals surface area contributed by atoms with E-state index in [4.69, 9.17) is 9.84 Å². The molecule has 0 fully saturated rings. The van der Waals surface area contributed by atoms with E-state index in [1.54, 1.807) is 36.4 Å². The summed E-state index contributed by atoms with van der Waals surface area (Å²) in [6, 6.07) is 10.9. The number of carboxylic acids is 1. The highest BCUT2D eigenvalue weighted by atomic mass is 16.5. The smallest absolute Gasteiger partial charge is 0.322 e. The lowest BCUT2D eigenvalue weighted by Crippen LogP contribution is -2.29. The van der Waals surface area contributed by atoms with Gasteiger partial charge in [0.25, 0.3) is 5.91 Å². The third kappa shape index (κ3) is 7.56. The summed E-state index contributed by atoms with van der Waals surface area (Å²) in [4.78, 5) is 42.3. The molecule has 0 radical (unpaired) electrons. The van der Waals surface area contributed by atoms with E-state index in [2.05, 4.69) is 11.1 Å². The van der Waals surface area contributed by atoms with Crippen LogP contribution in [0.15, 0.2) is 42.5 Å². The highest BCUT2D eigenvalue weighted by Gasteiger charge is 2.09. The second kappa shape index (κ2) is 11.0. The molecule has 0 saturated heterocycles. The van der Waals surface area contributed by atoms with Gasteiger partial charge in [-0.15, -0.1) is 0 Å². The fraction of sp³-hybridized carbons (Fsp3) is 0.158. The summed E-state index contributed by atoms with van der Waals surface area (Å²) in [7, 11) is 0. The van der Waals surface area contributed by atoms with Gasteiger partial charge in [-0.05, 0) is 29.8 Å². The van der Waals surface area contributed by atoms with Crippen molar-refractivity contribution >= 4 is 24.1 Å². The van der Waals surface area contributed by atoms with Gasteiger partial charge in [0, 0.05) is 12.5 Å². The normalized spacial score (nSPS) is 9.46. The fourth-order valence-corrected chi connectivity index (χ4v) is 1.95. The fourth-order valence-electron chi connectivity index (χ4n) is 1.95. The Labute approximate surface area is 160 Å². The maximum Gasteiger partial charge on any atom is 0.322 e. The zero-order valence-electron chi connectivity index (χ0n) is 15.0. The van der Waals surface area contributed by atoms with Crippen LogP contribution in [0.3, 0.4) is 0 Å². The van der Waals surface area contributed by atoms with Gasteiger partial charge in [-0.2, -0.15) is 0 Å². The van der Waals surface area contributed by atoms with E-state index in [0.717, 1.165) is 5.56 Å². The van der Waals surface area contributed by atoms with Crippen LogP contribution >= 0.6 is 0 Å². The van der Waals surface area contributed by atoms with E-state index >= 15 is 0 Å². The number of aliphatic carboxylic acids is 1.